The summed E-state index contributed by atoms with van der Waals surface area (Å²) >= 11 is 0. The van der Waals surface area contributed by atoms with Crippen molar-refractivity contribution in [2.75, 3.05) is 0 Å². The van der Waals surface area contributed by atoms with E-state index in [9.17, 15) is 9.18 Å². The van der Waals surface area contributed by atoms with Crippen molar-refractivity contribution in [3.63, 3.8) is 0 Å². The predicted octanol–water partition coefficient (Wildman–Crippen LogP) is 2.22. The summed E-state index contributed by atoms with van der Waals surface area (Å²) in [7, 11) is 0. The number of aryl methyl sites for hydroxylation is 1. The zero-order chi connectivity index (χ0) is 10.4. The van der Waals surface area contributed by atoms with Gasteiger partial charge in [0.25, 0.3) is 0 Å². The van der Waals surface area contributed by atoms with Crippen LogP contribution in [0.5, 0.6) is 0 Å². The Labute approximate surface area is 82.0 Å². The Balaban J connectivity index is 2.70. The molecule has 0 aliphatic heterocycles. The van der Waals surface area contributed by atoms with Crippen LogP contribution in [0.4, 0.5) is 4.39 Å². The Hall–Kier alpha value is -1.69. The van der Waals surface area contributed by atoms with Crippen LogP contribution in [-0.2, 0) is 11.2 Å². The SMILES string of the molecule is N#Cc1cc(CCCC=O)ccc1F. The number of nitrogens with zero attached hydrogens (tertiary/aromatic N) is 1. The molecule has 0 radical (unpaired) electrons. The maximum absolute atomic E-state index is 12.9. The number of halogens is 1. The first-order valence-corrected chi connectivity index (χ1v) is 4.40. The van der Waals surface area contributed by atoms with Crippen LogP contribution < -0.4 is 0 Å². The zero-order valence-corrected chi connectivity index (χ0v) is 7.66. The fourth-order valence-electron chi connectivity index (χ4n) is 1.20. The lowest BCUT2D eigenvalue weighted by Gasteiger charge is -2.00. The highest BCUT2D eigenvalue weighted by atomic mass is 19.1. The lowest BCUT2D eigenvalue weighted by Crippen LogP contribution is -1.90. The number of carbonyl (C=O) groups excluding carboxylic acids is 1. The second-order valence-corrected chi connectivity index (χ2v) is 2.98. The largest absolute Gasteiger partial charge is 0.303 e. The van der Waals surface area contributed by atoms with E-state index in [0.29, 0.717) is 12.8 Å². The molecule has 72 valence electrons. The Kier molecular flexibility index (Phi) is 3.81. The first-order chi connectivity index (χ1) is 6.77. The number of hydrogen-bond donors (Lipinski definition) is 0. The summed E-state index contributed by atoms with van der Waals surface area (Å²) < 4.78 is 12.9. The van der Waals surface area contributed by atoms with Crippen molar-refractivity contribution in [2.24, 2.45) is 0 Å². The molecule has 0 aliphatic rings. The molecule has 3 heteroatoms. The summed E-state index contributed by atoms with van der Waals surface area (Å²) in [5.41, 5.74) is 0.957. The van der Waals surface area contributed by atoms with Gasteiger partial charge in [-0.05, 0) is 30.5 Å². The van der Waals surface area contributed by atoms with Gasteiger partial charge in [0, 0.05) is 6.42 Å². The van der Waals surface area contributed by atoms with Gasteiger partial charge in [-0.3, -0.25) is 0 Å². The molecule has 0 unspecified atom stereocenters. The Morgan fingerprint density at radius 1 is 1.50 bits per heavy atom. The van der Waals surface area contributed by atoms with E-state index in [-0.39, 0.29) is 5.56 Å². The van der Waals surface area contributed by atoms with Gasteiger partial charge in [-0.1, -0.05) is 6.07 Å². The molecule has 0 spiro atoms. The molecule has 0 heterocycles. The smallest absolute Gasteiger partial charge is 0.140 e. The van der Waals surface area contributed by atoms with Crippen molar-refractivity contribution in [3.05, 3.63) is 35.1 Å². The second kappa shape index (κ2) is 5.13. The zero-order valence-electron chi connectivity index (χ0n) is 7.66. The van der Waals surface area contributed by atoms with E-state index >= 15 is 0 Å². The van der Waals surface area contributed by atoms with Gasteiger partial charge in [0.05, 0.1) is 5.56 Å². The minimum absolute atomic E-state index is 0.0635. The molecule has 0 aromatic heterocycles. The third-order valence-corrected chi connectivity index (χ3v) is 1.94. The second-order valence-electron chi connectivity index (χ2n) is 2.98. The lowest BCUT2D eigenvalue weighted by atomic mass is 10.1. The van der Waals surface area contributed by atoms with E-state index in [1.807, 2.05) is 0 Å². The average Bonchev–Trinajstić information content (AvgIpc) is 2.21. The Morgan fingerprint density at radius 3 is 2.93 bits per heavy atom. The van der Waals surface area contributed by atoms with Crippen LogP contribution in [0.1, 0.15) is 24.0 Å². The number of rotatable bonds is 4. The summed E-state index contributed by atoms with van der Waals surface area (Å²) in [5.74, 6) is -0.494. The highest BCUT2D eigenvalue weighted by Gasteiger charge is 2.01. The molecular weight excluding hydrogens is 181 g/mol. The molecule has 0 saturated heterocycles. The molecule has 1 aromatic carbocycles. The van der Waals surface area contributed by atoms with Crippen molar-refractivity contribution >= 4 is 6.29 Å². The van der Waals surface area contributed by atoms with E-state index in [0.717, 1.165) is 18.3 Å². The molecule has 0 atom stereocenters. The maximum Gasteiger partial charge on any atom is 0.140 e. The van der Waals surface area contributed by atoms with E-state index in [4.69, 9.17) is 5.26 Å². The number of nitriles is 1. The minimum atomic E-state index is -0.494. The topological polar surface area (TPSA) is 40.9 Å². The van der Waals surface area contributed by atoms with Gasteiger partial charge >= 0.3 is 0 Å². The number of hydrogen-bond acceptors (Lipinski definition) is 2. The molecule has 0 fully saturated rings. The van der Waals surface area contributed by atoms with Crippen molar-refractivity contribution in [1.82, 2.24) is 0 Å². The van der Waals surface area contributed by atoms with Crippen LogP contribution in [0.15, 0.2) is 18.2 Å². The molecule has 1 rings (SSSR count). The number of unbranched alkanes of at least 4 members (excludes halogenated alkanes) is 1. The van der Waals surface area contributed by atoms with Gasteiger partial charge in [-0.2, -0.15) is 5.26 Å². The third kappa shape index (κ3) is 2.67. The van der Waals surface area contributed by atoms with Crippen molar-refractivity contribution < 1.29 is 9.18 Å². The monoisotopic (exact) mass is 191 g/mol. The van der Waals surface area contributed by atoms with E-state index in [2.05, 4.69) is 0 Å². The third-order valence-electron chi connectivity index (χ3n) is 1.94. The summed E-state index contributed by atoms with van der Waals surface area (Å²) in [6.07, 6.45) is 2.79. The molecule has 0 aliphatic carbocycles. The van der Waals surface area contributed by atoms with Crippen LogP contribution in [0, 0.1) is 17.1 Å². The minimum Gasteiger partial charge on any atom is -0.303 e. The summed E-state index contributed by atoms with van der Waals surface area (Å²) in [6.45, 7) is 0. The molecule has 0 amide bonds. The quantitative estimate of drug-likeness (QED) is 0.540. The molecule has 14 heavy (non-hydrogen) atoms. The number of aldehydes is 1. The Bertz CT molecular complexity index is 368. The van der Waals surface area contributed by atoms with Crippen LogP contribution in [0.25, 0.3) is 0 Å². The van der Waals surface area contributed by atoms with Gasteiger partial charge < -0.3 is 4.79 Å². The van der Waals surface area contributed by atoms with Gasteiger partial charge in [0.1, 0.15) is 18.2 Å². The molecule has 0 N–H and O–H groups in total. The fourth-order valence-corrected chi connectivity index (χ4v) is 1.20. The van der Waals surface area contributed by atoms with Crippen molar-refractivity contribution in [1.29, 1.82) is 5.26 Å². The molecule has 0 bridgehead atoms. The summed E-state index contributed by atoms with van der Waals surface area (Å²) in [5, 5.41) is 8.57. The first-order valence-electron chi connectivity index (χ1n) is 4.40. The van der Waals surface area contributed by atoms with Gasteiger partial charge in [0.15, 0.2) is 0 Å². The summed E-state index contributed by atoms with van der Waals surface area (Å²) in [4.78, 5) is 10.1. The van der Waals surface area contributed by atoms with Crippen molar-refractivity contribution in [3.8, 4) is 6.07 Å². The highest BCUT2D eigenvalue weighted by Crippen LogP contribution is 2.11. The van der Waals surface area contributed by atoms with Gasteiger partial charge in [-0.25, -0.2) is 4.39 Å². The number of carbonyl (C=O) groups is 1. The molecule has 1 aromatic rings. The molecular formula is C11H10FNO. The number of benzene rings is 1. The van der Waals surface area contributed by atoms with Gasteiger partial charge in [0.2, 0.25) is 0 Å². The van der Waals surface area contributed by atoms with Crippen LogP contribution >= 0.6 is 0 Å². The molecule has 0 saturated carbocycles. The van der Waals surface area contributed by atoms with E-state index < -0.39 is 5.82 Å². The highest BCUT2D eigenvalue weighted by molar-refractivity contribution is 5.49. The molecule has 2 nitrogen and oxygen atoms in total. The standard InChI is InChI=1S/C11H10FNO/c12-11-5-4-9(3-1-2-6-14)7-10(11)8-13/h4-7H,1-3H2. The van der Waals surface area contributed by atoms with Crippen LogP contribution in [0.2, 0.25) is 0 Å². The Morgan fingerprint density at radius 2 is 2.29 bits per heavy atom. The fraction of sp³-hybridized carbons (Fsp3) is 0.273. The normalized spacial score (nSPS) is 9.43. The van der Waals surface area contributed by atoms with Crippen LogP contribution in [0.3, 0.4) is 0 Å². The predicted molar refractivity (Wildman–Crippen MR) is 50.1 cm³/mol. The lowest BCUT2D eigenvalue weighted by molar-refractivity contribution is -0.107. The maximum atomic E-state index is 12.9. The first kappa shape index (κ1) is 10.4. The van der Waals surface area contributed by atoms with Crippen molar-refractivity contribution in [2.45, 2.75) is 19.3 Å². The summed E-state index contributed by atoms with van der Waals surface area (Å²) in [6, 6.07) is 6.24. The van der Waals surface area contributed by atoms with E-state index in [1.165, 1.54) is 12.1 Å². The average molecular weight is 191 g/mol. The van der Waals surface area contributed by atoms with Gasteiger partial charge in [-0.15, -0.1) is 0 Å². The van der Waals surface area contributed by atoms with Crippen LogP contribution in [-0.4, -0.2) is 6.29 Å². The van der Waals surface area contributed by atoms with E-state index in [1.54, 1.807) is 12.1 Å².